The SMILES string of the molecule is COc1ccc2cc(C(=O)CC(CCn3nnc4ccc(C(F)(F)F)cc4c3=O)(C(=O)O)C(=O)O)sc2c1. The molecule has 2 aromatic heterocycles. The van der Waals surface area contributed by atoms with Gasteiger partial charge in [-0.25, -0.2) is 4.68 Å². The molecule has 2 aromatic carbocycles. The minimum absolute atomic E-state index is 0.126. The number of aromatic nitrogens is 3. The molecule has 0 saturated heterocycles. The Morgan fingerprint density at radius 1 is 1.05 bits per heavy atom. The highest BCUT2D eigenvalue weighted by atomic mass is 32.1. The monoisotopic (exact) mass is 549 g/mol. The summed E-state index contributed by atoms with van der Waals surface area (Å²) < 4.78 is 45.6. The van der Waals surface area contributed by atoms with Gasteiger partial charge in [-0.15, -0.1) is 16.4 Å². The fourth-order valence-corrected chi connectivity index (χ4v) is 4.91. The van der Waals surface area contributed by atoms with Crippen LogP contribution in [0.5, 0.6) is 5.75 Å². The van der Waals surface area contributed by atoms with Gasteiger partial charge < -0.3 is 14.9 Å². The van der Waals surface area contributed by atoms with Crippen molar-refractivity contribution in [3.8, 4) is 5.75 Å². The predicted molar refractivity (Wildman–Crippen MR) is 128 cm³/mol. The van der Waals surface area contributed by atoms with Gasteiger partial charge in [0.05, 0.1) is 22.9 Å². The van der Waals surface area contributed by atoms with Crippen LogP contribution in [0, 0.1) is 5.41 Å². The van der Waals surface area contributed by atoms with Crippen molar-refractivity contribution >= 4 is 50.0 Å². The largest absolute Gasteiger partial charge is 0.497 e. The van der Waals surface area contributed by atoms with E-state index in [1.807, 2.05) is 0 Å². The number of nitrogens with zero attached hydrogens (tertiary/aromatic N) is 3. The minimum atomic E-state index is -4.73. The maximum atomic E-state index is 13.1. The third-order valence-electron chi connectivity index (χ3n) is 6.08. The fraction of sp³-hybridized carbons (Fsp3) is 0.250. The van der Waals surface area contributed by atoms with E-state index in [-0.39, 0.29) is 10.4 Å². The molecule has 0 aliphatic heterocycles. The van der Waals surface area contributed by atoms with E-state index in [2.05, 4.69) is 10.3 Å². The Morgan fingerprint density at radius 3 is 2.39 bits per heavy atom. The summed E-state index contributed by atoms with van der Waals surface area (Å²) >= 11 is 1.04. The molecule has 0 saturated carbocycles. The second-order valence-electron chi connectivity index (χ2n) is 8.40. The number of thiophene rings is 1. The van der Waals surface area contributed by atoms with Crippen molar-refractivity contribution in [2.75, 3.05) is 7.11 Å². The first-order valence-electron chi connectivity index (χ1n) is 10.9. The molecule has 2 heterocycles. The summed E-state index contributed by atoms with van der Waals surface area (Å²) in [6.07, 6.45) is -6.43. The molecule has 10 nitrogen and oxygen atoms in total. The zero-order valence-electron chi connectivity index (χ0n) is 19.5. The highest BCUT2D eigenvalue weighted by molar-refractivity contribution is 7.20. The van der Waals surface area contributed by atoms with E-state index in [1.54, 1.807) is 18.2 Å². The molecule has 0 aliphatic rings. The zero-order chi connectivity index (χ0) is 27.8. The number of ketones is 1. The minimum Gasteiger partial charge on any atom is -0.497 e. The standard InChI is InChI=1S/C24H18F3N3O7S/c1-37-14-4-2-12-8-19(38-18(12)10-14)17(31)11-23(21(33)34,22(35)36)6-7-30-20(32)15-9-13(24(25,26)27)3-5-16(15)28-29-30/h2-5,8-10H,6-7,11H2,1H3,(H,33,34)(H,35,36). The Labute approximate surface area is 214 Å². The predicted octanol–water partition coefficient (Wildman–Crippen LogP) is 3.85. The van der Waals surface area contributed by atoms with E-state index < -0.39 is 65.2 Å². The summed E-state index contributed by atoms with van der Waals surface area (Å²) in [5.74, 6) is -3.85. The number of carboxylic acids is 2. The van der Waals surface area contributed by atoms with Crippen LogP contribution >= 0.6 is 11.3 Å². The van der Waals surface area contributed by atoms with Crippen LogP contribution in [0.15, 0.2) is 47.3 Å². The first-order chi connectivity index (χ1) is 17.9. The molecule has 4 rings (SSSR count). The molecule has 38 heavy (non-hydrogen) atoms. The normalized spacial score (nSPS) is 12.1. The van der Waals surface area contributed by atoms with E-state index >= 15 is 0 Å². The third-order valence-corrected chi connectivity index (χ3v) is 7.22. The average Bonchev–Trinajstić information content (AvgIpc) is 3.30. The quantitative estimate of drug-likeness (QED) is 0.235. The Kier molecular flexibility index (Phi) is 6.93. The molecular weight excluding hydrogens is 531 g/mol. The van der Waals surface area contributed by atoms with E-state index in [0.717, 1.165) is 23.5 Å². The maximum absolute atomic E-state index is 13.1. The van der Waals surface area contributed by atoms with Crippen molar-refractivity contribution in [2.45, 2.75) is 25.6 Å². The van der Waals surface area contributed by atoms with Crippen LogP contribution in [0.3, 0.4) is 0 Å². The number of ether oxygens (including phenoxy) is 1. The number of fused-ring (bicyclic) bond motifs is 2. The van der Waals surface area contributed by atoms with Crippen molar-refractivity contribution in [1.82, 2.24) is 15.0 Å². The number of rotatable bonds is 9. The van der Waals surface area contributed by atoms with Crippen LogP contribution in [0.1, 0.15) is 28.1 Å². The lowest BCUT2D eigenvalue weighted by atomic mass is 9.79. The van der Waals surface area contributed by atoms with Crippen molar-refractivity contribution in [3.05, 3.63) is 63.3 Å². The van der Waals surface area contributed by atoms with Crippen LogP contribution in [0.2, 0.25) is 0 Å². The van der Waals surface area contributed by atoms with Crippen LogP contribution in [-0.2, 0) is 22.3 Å². The molecule has 2 N–H and O–H groups in total. The summed E-state index contributed by atoms with van der Waals surface area (Å²) in [6.45, 7) is -0.631. The number of aryl methyl sites for hydroxylation is 1. The first-order valence-corrected chi connectivity index (χ1v) is 11.7. The Bertz CT molecular complexity index is 1630. The van der Waals surface area contributed by atoms with Crippen LogP contribution in [0.4, 0.5) is 13.2 Å². The highest BCUT2D eigenvalue weighted by Crippen LogP contribution is 2.35. The van der Waals surface area contributed by atoms with Gasteiger partial charge in [0, 0.05) is 17.7 Å². The van der Waals surface area contributed by atoms with Gasteiger partial charge in [0.15, 0.2) is 11.2 Å². The Hall–Kier alpha value is -4.33. The number of halogens is 3. The van der Waals surface area contributed by atoms with Crippen molar-refractivity contribution < 1.29 is 42.5 Å². The number of hydrogen-bond acceptors (Lipinski definition) is 8. The lowest BCUT2D eigenvalue weighted by Crippen LogP contribution is -2.43. The second-order valence-corrected chi connectivity index (χ2v) is 9.49. The maximum Gasteiger partial charge on any atom is 0.416 e. The van der Waals surface area contributed by atoms with Gasteiger partial charge in [0.25, 0.3) is 5.56 Å². The van der Waals surface area contributed by atoms with E-state index in [4.69, 9.17) is 4.74 Å². The molecule has 0 spiro atoms. The summed E-state index contributed by atoms with van der Waals surface area (Å²) in [4.78, 5) is 50.3. The number of benzene rings is 2. The molecule has 198 valence electrons. The van der Waals surface area contributed by atoms with Gasteiger partial charge >= 0.3 is 18.1 Å². The number of Topliss-reactive ketones (excluding diaryl/α,β-unsaturated/α-hetero) is 1. The van der Waals surface area contributed by atoms with Gasteiger partial charge in [0.2, 0.25) is 0 Å². The first kappa shape index (κ1) is 26.7. The molecule has 0 atom stereocenters. The van der Waals surface area contributed by atoms with Gasteiger partial charge in [-0.2, -0.15) is 13.2 Å². The molecule has 0 fully saturated rings. The van der Waals surface area contributed by atoms with Crippen LogP contribution in [0.25, 0.3) is 21.0 Å². The van der Waals surface area contributed by atoms with Crippen LogP contribution in [-0.4, -0.2) is 50.0 Å². The topological polar surface area (TPSA) is 149 Å². The van der Waals surface area contributed by atoms with E-state index in [0.29, 0.717) is 26.6 Å². The highest BCUT2D eigenvalue weighted by Gasteiger charge is 2.48. The zero-order valence-corrected chi connectivity index (χ0v) is 20.3. The summed E-state index contributed by atoms with van der Waals surface area (Å²) in [5.41, 5.74) is -4.89. The number of carboxylic acid groups (broad SMARTS) is 2. The molecule has 0 bridgehead atoms. The number of carbonyl (C=O) groups excluding carboxylic acids is 1. The molecular formula is C24H18F3N3O7S. The lowest BCUT2D eigenvalue weighted by Gasteiger charge is -2.24. The summed E-state index contributed by atoms with van der Waals surface area (Å²) in [6, 6.07) is 8.83. The van der Waals surface area contributed by atoms with Gasteiger partial charge in [-0.05, 0) is 54.3 Å². The van der Waals surface area contributed by atoms with Crippen molar-refractivity contribution in [3.63, 3.8) is 0 Å². The molecule has 0 unspecified atom stereocenters. The number of carbonyl (C=O) groups is 3. The van der Waals surface area contributed by atoms with E-state index in [1.165, 1.54) is 13.2 Å². The van der Waals surface area contributed by atoms with Crippen LogP contribution < -0.4 is 10.3 Å². The lowest BCUT2D eigenvalue weighted by molar-refractivity contribution is -0.165. The molecule has 0 amide bonds. The number of aliphatic carboxylic acids is 2. The average molecular weight is 549 g/mol. The Balaban J connectivity index is 1.65. The third kappa shape index (κ3) is 4.94. The molecule has 4 aromatic rings. The van der Waals surface area contributed by atoms with E-state index in [9.17, 15) is 42.6 Å². The smallest absolute Gasteiger partial charge is 0.416 e. The summed E-state index contributed by atoms with van der Waals surface area (Å²) in [5, 5.41) is 27.2. The molecule has 0 radical (unpaired) electrons. The number of methoxy groups -OCH3 is 1. The van der Waals surface area contributed by atoms with Gasteiger partial charge in [0.1, 0.15) is 11.3 Å². The van der Waals surface area contributed by atoms with Gasteiger partial charge in [-0.3, -0.25) is 19.2 Å². The molecule has 14 heteroatoms. The second kappa shape index (κ2) is 9.85. The summed E-state index contributed by atoms with van der Waals surface area (Å²) in [7, 11) is 1.47. The Morgan fingerprint density at radius 2 is 1.76 bits per heavy atom. The van der Waals surface area contributed by atoms with Crippen molar-refractivity contribution in [2.24, 2.45) is 5.41 Å². The van der Waals surface area contributed by atoms with Crippen molar-refractivity contribution in [1.29, 1.82) is 0 Å². The van der Waals surface area contributed by atoms with Gasteiger partial charge in [-0.1, -0.05) is 5.21 Å². The molecule has 0 aliphatic carbocycles. The fourth-order valence-electron chi connectivity index (χ4n) is 3.88. The number of alkyl halides is 3. The number of hydrogen-bond donors (Lipinski definition) is 2.